The summed E-state index contributed by atoms with van der Waals surface area (Å²) in [5, 5.41) is 19.1. The Labute approximate surface area is 208 Å². The third-order valence-electron chi connectivity index (χ3n) is 7.10. The lowest BCUT2D eigenvalue weighted by molar-refractivity contribution is 0.0290. The van der Waals surface area contributed by atoms with Gasteiger partial charge in [-0.05, 0) is 74.5 Å². The van der Waals surface area contributed by atoms with Gasteiger partial charge in [-0.2, -0.15) is 0 Å². The number of hydrogen-bond donors (Lipinski definition) is 2. The molecular weight excluding hydrogens is 469 g/mol. The molecule has 0 fully saturated rings. The number of rotatable bonds is 17. The SMILES string of the molecule is CC(C)(C)[Si](C)(C)O[Si](C)(CCCOCC(O)CCCCOCCO)O[Si](C)(C)C(C)(C)C. The molecule has 0 bridgehead atoms. The fraction of sp³-hybridized carbons (Fsp3) is 1.00. The Kier molecular flexibility index (Phi) is 14.4. The van der Waals surface area contributed by atoms with E-state index in [1.807, 2.05) is 0 Å². The van der Waals surface area contributed by atoms with Crippen molar-refractivity contribution in [2.75, 3.05) is 33.0 Å². The first-order chi connectivity index (χ1) is 14.9. The fourth-order valence-corrected chi connectivity index (χ4v) is 16.3. The van der Waals surface area contributed by atoms with Crippen LogP contribution in [0, 0.1) is 0 Å². The van der Waals surface area contributed by atoms with Gasteiger partial charge in [0.1, 0.15) is 0 Å². The molecule has 0 aromatic rings. The van der Waals surface area contributed by atoms with Crippen molar-refractivity contribution in [3.8, 4) is 0 Å². The zero-order chi connectivity index (χ0) is 26.0. The second kappa shape index (κ2) is 14.2. The van der Waals surface area contributed by atoms with Crippen LogP contribution in [0.25, 0.3) is 0 Å². The second-order valence-electron chi connectivity index (χ2n) is 12.5. The number of aliphatic hydroxyl groups excluding tert-OH is 2. The first kappa shape index (κ1) is 33.4. The molecule has 0 spiro atoms. The molecule has 200 valence electrons. The molecule has 0 aromatic heterocycles. The predicted octanol–water partition coefficient (Wildman–Crippen LogP) is 6.05. The first-order valence-electron chi connectivity index (χ1n) is 12.7. The van der Waals surface area contributed by atoms with Crippen LogP contribution in [0.4, 0.5) is 0 Å². The quantitative estimate of drug-likeness (QED) is 0.178. The highest BCUT2D eigenvalue weighted by Crippen LogP contribution is 2.43. The van der Waals surface area contributed by atoms with E-state index < -0.39 is 31.3 Å². The molecule has 1 unspecified atom stereocenters. The number of ether oxygens (including phenoxy) is 2. The highest BCUT2D eigenvalue weighted by atomic mass is 28.5. The van der Waals surface area contributed by atoms with Gasteiger partial charge in [0.05, 0.1) is 25.9 Å². The summed E-state index contributed by atoms with van der Waals surface area (Å²) in [6, 6.07) is 0.907. The Morgan fingerprint density at radius 3 is 1.64 bits per heavy atom. The molecular formula is C24H56O6Si3. The summed E-state index contributed by atoms with van der Waals surface area (Å²) >= 11 is 0. The van der Waals surface area contributed by atoms with Gasteiger partial charge in [-0.25, -0.2) is 0 Å². The maximum absolute atomic E-state index is 10.2. The van der Waals surface area contributed by atoms with Crippen LogP contribution >= 0.6 is 0 Å². The van der Waals surface area contributed by atoms with E-state index in [1.54, 1.807) is 0 Å². The van der Waals surface area contributed by atoms with Crippen molar-refractivity contribution in [3.05, 3.63) is 0 Å². The molecule has 0 aromatic carbocycles. The van der Waals surface area contributed by atoms with Crippen molar-refractivity contribution in [2.24, 2.45) is 0 Å². The number of unbranched alkanes of at least 4 members (excludes halogenated alkanes) is 1. The van der Waals surface area contributed by atoms with E-state index in [0.29, 0.717) is 32.8 Å². The Hall–Kier alpha value is 0.411. The lowest BCUT2D eigenvalue weighted by atomic mass is 10.2. The lowest BCUT2D eigenvalue weighted by Crippen LogP contribution is -2.58. The second-order valence-corrected chi connectivity index (χ2v) is 26.0. The number of aliphatic hydroxyl groups is 2. The van der Waals surface area contributed by atoms with E-state index in [-0.39, 0.29) is 16.7 Å². The lowest BCUT2D eigenvalue weighted by Gasteiger charge is -2.48. The maximum Gasteiger partial charge on any atom is 0.314 e. The molecule has 9 heteroatoms. The molecule has 1 atom stereocenters. The molecule has 0 aliphatic heterocycles. The smallest absolute Gasteiger partial charge is 0.314 e. The van der Waals surface area contributed by atoms with E-state index in [1.165, 1.54) is 0 Å². The third kappa shape index (κ3) is 13.3. The third-order valence-corrected chi connectivity index (χ3v) is 23.1. The highest BCUT2D eigenvalue weighted by molar-refractivity contribution is 6.89. The standard InChI is InChI=1S/C24H56O6Si3/c1-23(2,3)31(7,8)29-33(11,30-32(9,10)24(4,5)6)20-14-18-28-21-22(26)15-12-13-17-27-19-16-25/h22,25-26H,12-21H2,1-11H3. The van der Waals surface area contributed by atoms with Crippen LogP contribution in [-0.4, -0.2) is 74.5 Å². The number of hydrogen-bond acceptors (Lipinski definition) is 6. The van der Waals surface area contributed by atoms with Gasteiger partial charge in [-0.15, -0.1) is 0 Å². The van der Waals surface area contributed by atoms with E-state index >= 15 is 0 Å². The Morgan fingerprint density at radius 1 is 0.697 bits per heavy atom. The minimum atomic E-state index is -2.40. The van der Waals surface area contributed by atoms with Crippen LogP contribution in [0.1, 0.15) is 67.2 Å². The zero-order valence-corrected chi connectivity index (χ0v) is 26.7. The molecule has 0 radical (unpaired) electrons. The maximum atomic E-state index is 10.2. The first-order valence-corrected chi connectivity index (χ1v) is 21.1. The zero-order valence-electron chi connectivity index (χ0n) is 23.7. The molecule has 33 heavy (non-hydrogen) atoms. The normalized spacial score (nSPS) is 15.2. The highest BCUT2D eigenvalue weighted by Gasteiger charge is 2.49. The van der Waals surface area contributed by atoms with E-state index in [2.05, 4.69) is 74.3 Å². The monoisotopic (exact) mass is 524 g/mol. The van der Waals surface area contributed by atoms with Crippen LogP contribution in [0.2, 0.25) is 48.9 Å². The fourth-order valence-electron chi connectivity index (χ4n) is 3.06. The van der Waals surface area contributed by atoms with Crippen molar-refractivity contribution in [1.29, 1.82) is 0 Å². The molecule has 0 amide bonds. The summed E-state index contributed by atoms with van der Waals surface area (Å²) in [5.74, 6) is 0. The van der Waals surface area contributed by atoms with Crippen LogP contribution < -0.4 is 0 Å². The summed E-state index contributed by atoms with van der Waals surface area (Å²) in [6.45, 7) is 27.2. The van der Waals surface area contributed by atoms with Crippen molar-refractivity contribution >= 4 is 25.2 Å². The van der Waals surface area contributed by atoms with Crippen LogP contribution in [0.3, 0.4) is 0 Å². The molecule has 0 aliphatic carbocycles. The largest absolute Gasteiger partial charge is 0.436 e. The van der Waals surface area contributed by atoms with Crippen LogP contribution in [-0.2, 0) is 17.7 Å². The minimum Gasteiger partial charge on any atom is -0.436 e. The van der Waals surface area contributed by atoms with E-state index in [0.717, 1.165) is 25.3 Å². The van der Waals surface area contributed by atoms with Gasteiger partial charge >= 0.3 is 8.56 Å². The van der Waals surface area contributed by atoms with Gasteiger partial charge < -0.3 is 27.9 Å². The predicted molar refractivity (Wildman–Crippen MR) is 146 cm³/mol. The molecule has 6 nitrogen and oxygen atoms in total. The Balaban J connectivity index is 4.74. The van der Waals surface area contributed by atoms with E-state index in [4.69, 9.17) is 22.8 Å². The average molecular weight is 525 g/mol. The van der Waals surface area contributed by atoms with Crippen molar-refractivity contribution in [3.63, 3.8) is 0 Å². The van der Waals surface area contributed by atoms with Crippen molar-refractivity contribution < 1.29 is 27.9 Å². The molecule has 0 saturated carbocycles. The minimum absolute atomic E-state index is 0.0558. The van der Waals surface area contributed by atoms with Gasteiger partial charge in [0.25, 0.3) is 0 Å². The molecule has 0 saturated heterocycles. The van der Waals surface area contributed by atoms with Crippen LogP contribution in [0.5, 0.6) is 0 Å². The molecule has 2 N–H and O–H groups in total. The van der Waals surface area contributed by atoms with Crippen LogP contribution in [0.15, 0.2) is 0 Å². The summed E-state index contributed by atoms with van der Waals surface area (Å²) in [5.41, 5.74) is 0. The van der Waals surface area contributed by atoms with Gasteiger partial charge in [0, 0.05) is 13.2 Å². The van der Waals surface area contributed by atoms with Gasteiger partial charge in [-0.1, -0.05) is 41.5 Å². The van der Waals surface area contributed by atoms with Gasteiger partial charge in [-0.3, -0.25) is 0 Å². The Morgan fingerprint density at radius 2 is 1.18 bits per heavy atom. The molecule has 0 rings (SSSR count). The van der Waals surface area contributed by atoms with Crippen molar-refractivity contribution in [1.82, 2.24) is 0 Å². The average Bonchev–Trinajstić information content (AvgIpc) is 2.61. The van der Waals surface area contributed by atoms with Gasteiger partial charge in [0.2, 0.25) is 0 Å². The summed E-state index contributed by atoms with van der Waals surface area (Å²) in [6.07, 6.45) is 2.92. The topological polar surface area (TPSA) is 77.4 Å². The summed E-state index contributed by atoms with van der Waals surface area (Å²) in [7, 11) is -6.32. The van der Waals surface area contributed by atoms with E-state index in [9.17, 15) is 5.11 Å². The van der Waals surface area contributed by atoms with Crippen molar-refractivity contribution in [2.45, 2.75) is 122 Å². The summed E-state index contributed by atoms with van der Waals surface area (Å²) < 4.78 is 25.0. The van der Waals surface area contributed by atoms with Gasteiger partial charge in [0.15, 0.2) is 16.6 Å². The molecule has 0 heterocycles. The Bertz CT molecular complexity index is 501. The molecule has 0 aliphatic rings. The summed E-state index contributed by atoms with van der Waals surface area (Å²) in [4.78, 5) is 0.